The molecule has 6 nitrogen and oxygen atoms in total. The minimum absolute atomic E-state index is 0.0673. The lowest BCUT2D eigenvalue weighted by Crippen LogP contribution is -2.21. The highest BCUT2D eigenvalue weighted by atomic mass is 79.9. The molecule has 0 radical (unpaired) electrons. The van der Waals surface area contributed by atoms with Crippen LogP contribution in [0, 0.1) is 0 Å². The summed E-state index contributed by atoms with van der Waals surface area (Å²) in [5.74, 6) is -0.400. The van der Waals surface area contributed by atoms with Crippen LogP contribution in [0.15, 0.2) is 27.8 Å². The van der Waals surface area contributed by atoms with Gasteiger partial charge in [0.15, 0.2) is 5.84 Å². The van der Waals surface area contributed by atoms with E-state index in [1.54, 1.807) is 18.2 Å². The van der Waals surface area contributed by atoms with Crippen LogP contribution in [-0.4, -0.2) is 30.7 Å². The van der Waals surface area contributed by atoms with E-state index in [-0.39, 0.29) is 18.3 Å². The summed E-state index contributed by atoms with van der Waals surface area (Å²) in [4.78, 5) is 11.4. The second-order valence-electron chi connectivity index (χ2n) is 3.16. The van der Waals surface area contributed by atoms with Crippen LogP contribution in [0.2, 0.25) is 0 Å². The Morgan fingerprint density at radius 2 is 2.35 bits per heavy atom. The van der Waals surface area contributed by atoms with Crippen LogP contribution >= 0.6 is 15.9 Å². The summed E-state index contributed by atoms with van der Waals surface area (Å²) in [6, 6.07) is 5.00. The number of amidine groups is 1. The smallest absolute Gasteiger partial charge is 0.250 e. The number of oxime groups is 1. The summed E-state index contributed by atoms with van der Waals surface area (Å²) in [6.07, 6.45) is 0. The number of carbonyl (C=O) groups excluding carboxylic acids is 1. The molecule has 0 aliphatic carbocycles. The number of hydrogen-bond acceptors (Lipinski definition) is 4. The van der Waals surface area contributed by atoms with E-state index in [2.05, 4.69) is 26.4 Å². The minimum Gasteiger partial charge on any atom is -0.409 e. The average Bonchev–Trinajstić information content (AvgIpc) is 2.28. The van der Waals surface area contributed by atoms with Crippen LogP contribution < -0.4 is 11.1 Å². The second-order valence-corrected chi connectivity index (χ2v) is 4.07. The second kappa shape index (κ2) is 6.21. The van der Waals surface area contributed by atoms with Gasteiger partial charge in [0.25, 0.3) is 0 Å². The van der Waals surface area contributed by atoms with Crippen molar-refractivity contribution in [3.63, 3.8) is 0 Å². The quantitative estimate of drug-likeness (QED) is 0.336. The zero-order valence-electron chi connectivity index (χ0n) is 9.11. The maximum absolute atomic E-state index is 11.4. The fraction of sp³-hybridized carbons (Fsp3) is 0.200. The van der Waals surface area contributed by atoms with Crippen molar-refractivity contribution in [2.24, 2.45) is 10.9 Å². The van der Waals surface area contributed by atoms with Crippen LogP contribution in [-0.2, 0) is 9.53 Å². The van der Waals surface area contributed by atoms with Gasteiger partial charge in [0, 0.05) is 17.1 Å². The van der Waals surface area contributed by atoms with Gasteiger partial charge in [-0.15, -0.1) is 0 Å². The molecule has 0 fully saturated rings. The number of carbonyl (C=O) groups is 1. The summed E-state index contributed by atoms with van der Waals surface area (Å²) in [7, 11) is 1.42. The summed E-state index contributed by atoms with van der Waals surface area (Å²) in [5, 5.41) is 14.1. The first-order valence-corrected chi connectivity index (χ1v) is 5.44. The molecule has 0 aliphatic rings. The molecular weight excluding hydrogens is 290 g/mol. The molecule has 0 heterocycles. The molecule has 0 atom stereocenters. The van der Waals surface area contributed by atoms with Gasteiger partial charge < -0.3 is 21.0 Å². The van der Waals surface area contributed by atoms with Gasteiger partial charge in [-0.3, -0.25) is 4.79 Å². The van der Waals surface area contributed by atoms with Gasteiger partial charge in [-0.1, -0.05) is 21.1 Å². The molecule has 1 aromatic rings. The van der Waals surface area contributed by atoms with Gasteiger partial charge in [0.1, 0.15) is 6.61 Å². The number of nitrogens with zero attached hydrogens (tertiary/aromatic N) is 1. The normalized spacial score (nSPS) is 11.3. The van der Waals surface area contributed by atoms with Crippen LogP contribution in [0.4, 0.5) is 5.69 Å². The maximum atomic E-state index is 11.4. The van der Waals surface area contributed by atoms with E-state index in [4.69, 9.17) is 15.7 Å². The molecule has 1 amide bonds. The van der Waals surface area contributed by atoms with Crippen molar-refractivity contribution in [1.82, 2.24) is 0 Å². The van der Waals surface area contributed by atoms with Crippen LogP contribution in [0.5, 0.6) is 0 Å². The fourth-order valence-corrected chi connectivity index (χ4v) is 1.58. The molecule has 0 saturated carbocycles. The van der Waals surface area contributed by atoms with Crippen molar-refractivity contribution >= 4 is 33.4 Å². The molecular formula is C10H12BrN3O3. The fourth-order valence-electron chi connectivity index (χ4n) is 1.21. The third kappa shape index (κ3) is 3.72. The first-order valence-electron chi connectivity index (χ1n) is 4.64. The molecule has 0 saturated heterocycles. The molecule has 1 aromatic carbocycles. The van der Waals surface area contributed by atoms with E-state index in [0.717, 1.165) is 4.47 Å². The highest BCUT2D eigenvalue weighted by molar-refractivity contribution is 9.10. The van der Waals surface area contributed by atoms with Gasteiger partial charge in [0.2, 0.25) is 5.91 Å². The lowest BCUT2D eigenvalue weighted by molar-refractivity contribution is -0.119. The molecule has 0 bridgehead atoms. The molecule has 7 heteroatoms. The Hall–Kier alpha value is -1.60. The predicted molar refractivity (Wildman–Crippen MR) is 67.2 cm³/mol. The number of ether oxygens (including phenoxy) is 1. The van der Waals surface area contributed by atoms with Crippen molar-refractivity contribution in [1.29, 1.82) is 0 Å². The zero-order chi connectivity index (χ0) is 12.8. The van der Waals surface area contributed by atoms with E-state index in [9.17, 15) is 4.79 Å². The van der Waals surface area contributed by atoms with Gasteiger partial charge in [-0.05, 0) is 18.2 Å². The number of nitrogens with two attached hydrogens (primary N) is 1. The Balaban J connectivity index is 3.03. The molecule has 4 N–H and O–H groups in total. The molecule has 0 spiro atoms. The number of methoxy groups -OCH3 is 1. The van der Waals surface area contributed by atoms with E-state index in [1.165, 1.54) is 7.11 Å². The molecule has 17 heavy (non-hydrogen) atoms. The van der Waals surface area contributed by atoms with Crippen LogP contribution in [0.25, 0.3) is 0 Å². The van der Waals surface area contributed by atoms with Crippen LogP contribution in [0.1, 0.15) is 5.56 Å². The van der Waals surface area contributed by atoms with Crippen molar-refractivity contribution in [2.45, 2.75) is 0 Å². The first kappa shape index (κ1) is 13.5. The number of amides is 1. The van der Waals surface area contributed by atoms with E-state index < -0.39 is 0 Å². The van der Waals surface area contributed by atoms with E-state index >= 15 is 0 Å². The topological polar surface area (TPSA) is 96.9 Å². The number of nitrogens with one attached hydrogen (secondary N) is 1. The monoisotopic (exact) mass is 301 g/mol. The highest BCUT2D eigenvalue weighted by Crippen LogP contribution is 2.21. The Labute approximate surface area is 107 Å². The van der Waals surface area contributed by atoms with E-state index in [0.29, 0.717) is 11.3 Å². The van der Waals surface area contributed by atoms with Crippen molar-refractivity contribution in [3.05, 3.63) is 28.2 Å². The third-order valence-corrected chi connectivity index (χ3v) is 2.41. The predicted octanol–water partition coefficient (Wildman–Crippen LogP) is 1.13. The lowest BCUT2D eigenvalue weighted by Gasteiger charge is -2.10. The minimum atomic E-state index is -0.322. The van der Waals surface area contributed by atoms with E-state index in [1.807, 2.05) is 0 Å². The van der Waals surface area contributed by atoms with Crippen molar-refractivity contribution in [3.8, 4) is 0 Å². The summed E-state index contributed by atoms with van der Waals surface area (Å²) in [5.41, 5.74) is 6.37. The number of halogens is 1. The Morgan fingerprint density at radius 1 is 1.65 bits per heavy atom. The number of benzene rings is 1. The summed E-state index contributed by atoms with van der Waals surface area (Å²) in [6.45, 7) is -0.0673. The highest BCUT2D eigenvalue weighted by Gasteiger charge is 2.10. The van der Waals surface area contributed by atoms with Gasteiger partial charge in [-0.2, -0.15) is 0 Å². The lowest BCUT2D eigenvalue weighted by atomic mass is 10.1. The number of rotatable bonds is 4. The summed E-state index contributed by atoms with van der Waals surface area (Å²) >= 11 is 3.27. The van der Waals surface area contributed by atoms with Gasteiger partial charge >= 0.3 is 0 Å². The largest absolute Gasteiger partial charge is 0.409 e. The van der Waals surface area contributed by atoms with Gasteiger partial charge in [0.05, 0.1) is 5.69 Å². The molecule has 0 unspecified atom stereocenters. The molecule has 92 valence electrons. The first-order chi connectivity index (χ1) is 8.08. The average molecular weight is 302 g/mol. The van der Waals surface area contributed by atoms with Crippen LogP contribution in [0.3, 0.4) is 0 Å². The number of hydrogen-bond donors (Lipinski definition) is 3. The zero-order valence-corrected chi connectivity index (χ0v) is 10.7. The molecule has 0 aromatic heterocycles. The SMILES string of the molecule is COCC(=O)Nc1cc(Br)ccc1/C(N)=N/O. The molecule has 0 aliphatic heterocycles. The van der Waals surface area contributed by atoms with Crippen molar-refractivity contribution < 1.29 is 14.7 Å². The Morgan fingerprint density at radius 3 is 2.94 bits per heavy atom. The molecule has 1 rings (SSSR count). The van der Waals surface area contributed by atoms with Crippen molar-refractivity contribution in [2.75, 3.05) is 19.0 Å². The summed E-state index contributed by atoms with van der Waals surface area (Å²) < 4.78 is 5.46. The van der Waals surface area contributed by atoms with Gasteiger partial charge in [-0.25, -0.2) is 0 Å². The Bertz CT molecular complexity index is 448. The standard InChI is InChI=1S/C10H12BrN3O3/c1-17-5-9(15)13-8-4-6(11)2-3-7(8)10(12)14-16/h2-4,16H,5H2,1H3,(H2,12,14)(H,13,15). The number of anilines is 1. The third-order valence-electron chi connectivity index (χ3n) is 1.91. The maximum Gasteiger partial charge on any atom is 0.250 e. The Kier molecular flexibility index (Phi) is 4.92.